The first-order valence-corrected chi connectivity index (χ1v) is 6.95. The summed E-state index contributed by atoms with van der Waals surface area (Å²) in [6, 6.07) is 0. The lowest BCUT2D eigenvalue weighted by Gasteiger charge is -2.47. The Morgan fingerprint density at radius 3 is 2.39 bits per heavy atom. The Kier molecular flexibility index (Phi) is 4.81. The summed E-state index contributed by atoms with van der Waals surface area (Å²) >= 11 is 1.44. The summed E-state index contributed by atoms with van der Waals surface area (Å²) in [5, 5.41) is 9.36. The zero-order valence-electron chi connectivity index (χ0n) is 11.3. The molecule has 0 radical (unpaired) electrons. The summed E-state index contributed by atoms with van der Waals surface area (Å²) < 4.78 is 4.70. The minimum Gasteiger partial charge on any atom is -0.464 e. The maximum atomic E-state index is 12.0. The molecule has 0 aromatic carbocycles. The van der Waals surface area contributed by atoms with Crippen LogP contribution in [0.15, 0.2) is 11.3 Å². The molecule has 1 fully saturated rings. The molecule has 1 aliphatic rings. The van der Waals surface area contributed by atoms with E-state index >= 15 is 0 Å². The van der Waals surface area contributed by atoms with Crippen molar-refractivity contribution in [1.82, 2.24) is 4.90 Å². The molecule has 1 amide bonds. The topological polar surface area (TPSA) is 66.8 Å². The largest absolute Gasteiger partial charge is 0.464 e. The molecule has 0 aromatic heterocycles. The third kappa shape index (κ3) is 2.40. The lowest BCUT2D eigenvalue weighted by atomic mass is 9.91. The first-order chi connectivity index (χ1) is 8.36. The summed E-state index contributed by atoms with van der Waals surface area (Å²) in [6.07, 6.45) is 1.13. The molecule has 0 spiro atoms. The van der Waals surface area contributed by atoms with Crippen molar-refractivity contribution in [1.29, 1.82) is 0 Å². The molecule has 0 saturated carbocycles. The number of nitrogens with zero attached hydrogens (tertiary/aromatic N) is 1. The second-order valence-electron chi connectivity index (χ2n) is 4.44. The average molecular weight is 273 g/mol. The van der Waals surface area contributed by atoms with Gasteiger partial charge in [0.05, 0.1) is 24.5 Å². The van der Waals surface area contributed by atoms with Crippen LogP contribution in [0.1, 0.15) is 20.8 Å². The van der Waals surface area contributed by atoms with Gasteiger partial charge in [0.1, 0.15) is 5.70 Å². The molecule has 1 rings (SSSR count). The Bertz CT molecular complexity index is 388. The van der Waals surface area contributed by atoms with E-state index in [1.54, 1.807) is 20.8 Å². The average Bonchev–Trinajstić information content (AvgIpc) is 2.29. The number of carbonyl (C=O) groups is 2. The van der Waals surface area contributed by atoms with Gasteiger partial charge in [-0.1, -0.05) is 0 Å². The zero-order valence-corrected chi connectivity index (χ0v) is 12.1. The van der Waals surface area contributed by atoms with Gasteiger partial charge in [0.25, 0.3) is 0 Å². The van der Waals surface area contributed by atoms with Crippen molar-refractivity contribution < 1.29 is 19.4 Å². The fourth-order valence-corrected chi connectivity index (χ4v) is 3.12. The number of aliphatic hydroxyl groups excluding tert-OH is 1. The van der Waals surface area contributed by atoms with E-state index in [2.05, 4.69) is 0 Å². The third-order valence-corrected chi connectivity index (χ3v) is 3.93. The number of methoxy groups -OCH3 is 1. The van der Waals surface area contributed by atoms with Crippen molar-refractivity contribution in [2.45, 2.75) is 32.2 Å². The van der Waals surface area contributed by atoms with E-state index in [0.29, 0.717) is 0 Å². The molecular formula is C12H19NO4S. The first kappa shape index (κ1) is 15.0. The van der Waals surface area contributed by atoms with Gasteiger partial charge in [0.15, 0.2) is 0 Å². The first-order valence-electron chi connectivity index (χ1n) is 5.66. The lowest BCUT2D eigenvalue weighted by Crippen LogP contribution is -2.62. The van der Waals surface area contributed by atoms with Crippen LogP contribution in [-0.4, -0.2) is 46.7 Å². The quantitative estimate of drug-likeness (QED) is 0.470. The van der Waals surface area contributed by atoms with Gasteiger partial charge in [-0.05, 0) is 32.6 Å². The second kappa shape index (κ2) is 5.75. The second-order valence-corrected chi connectivity index (χ2v) is 5.40. The molecule has 18 heavy (non-hydrogen) atoms. The Balaban J connectivity index is 3.06. The predicted molar refractivity (Wildman–Crippen MR) is 69.7 cm³/mol. The van der Waals surface area contributed by atoms with Crippen LogP contribution in [0.5, 0.6) is 0 Å². The van der Waals surface area contributed by atoms with Gasteiger partial charge in [-0.2, -0.15) is 0 Å². The minimum atomic E-state index is -0.720. The molecule has 1 heterocycles. The lowest BCUT2D eigenvalue weighted by molar-refractivity contribution is -0.158. The van der Waals surface area contributed by atoms with Crippen molar-refractivity contribution in [2.24, 2.45) is 5.92 Å². The number of likely N-dealkylation sites (tertiary alicyclic amines) is 1. The minimum absolute atomic E-state index is 0.221. The van der Waals surface area contributed by atoms with Crippen molar-refractivity contribution in [3.8, 4) is 0 Å². The van der Waals surface area contributed by atoms with Gasteiger partial charge >= 0.3 is 5.97 Å². The van der Waals surface area contributed by atoms with E-state index in [9.17, 15) is 14.7 Å². The monoisotopic (exact) mass is 273 g/mol. The number of allylic oxidation sites excluding steroid dienone is 1. The van der Waals surface area contributed by atoms with Crippen LogP contribution in [-0.2, 0) is 14.3 Å². The number of aliphatic hydroxyl groups is 1. The van der Waals surface area contributed by atoms with Crippen molar-refractivity contribution in [2.75, 3.05) is 13.4 Å². The third-order valence-electron chi connectivity index (χ3n) is 2.94. The van der Waals surface area contributed by atoms with Gasteiger partial charge in [-0.3, -0.25) is 9.69 Å². The molecule has 0 bridgehead atoms. The number of carbonyl (C=O) groups excluding carboxylic acids is 2. The molecule has 6 heteroatoms. The highest BCUT2D eigenvalue weighted by Gasteiger charge is 2.52. The summed E-state index contributed by atoms with van der Waals surface area (Å²) in [6.45, 7) is 5.10. The van der Waals surface area contributed by atoms with Crippen LogP contribution in [0.3, 0.4) is 0 Å². The highest BCUT2D eigenvalue weighted by molar-refractivity contribution is 7.99. The molecule has 1 aliphatic heterocycles. The Morgan fingerprint density at radius 2 is 2.06 bits per heavy atom. The van der Waals surface area contributed by atoms with E-state index in [1.807, 2.05) is 6.26 Å². The number of hydrogen-bond donors (Lipinski definition) is 1. The van der Waals surface area contributed by atoms with Gasteiger partial charge in [-0.25, -0.2) is 4.79 Å². The number of esters is 1. The van der Waals surface area contributed by atoms with Crippen LogP contribution in [0.4, 0.5) is 0 Å². The Hall–Kier alpha value is -1.01. The molecule has 1 saturated heterocycles. The molecular weight excluding hydrogens is 254 g/mol. The predicted octanol–water partition coefficient (Wildman–Crippen LogP) is 0.982. The fraction of sp³-hybridized carbons (Fsp3) is 0.667. The van der Waals surface area contributed by atoms with Gasteiger partial charge < -0.3 is 9.84 Å². The van der Waals surface area contributed by atoms with E-state index in [4.69, 9.17) is 4.74 Å². The maximum absolute atomic E-state index is 12.0. The Labute approximate surface area is 111 Å². The number of amides is 1. The summed E-state index contributed by atoms with van der Waals surface area (Å²) in [5.74, 6) is -1.21. The standard InChI is InChI=1S/C12H19NO4S/c1-6(2)9(12(16)17-4)13-10(15)8(7(3)14)11(13)18-5/h7-8,11,14H,1-5H3/t7-,8?,11?/m0/s1. The van der Waals surface area contributed by atoms with Crippen LogP contribution in [0.25, 0.3) is 0 Å². The number of rotatable bonds is 4. The number of β-lactam (4-membered cyclic amide) rings is 1. The highest BCUT2D eigenvalue weighted by Crippen LogP contribution is 2.39. The molecule has 102 valence electrons. The number of ether oxygens (including phenoxy) is 1. The van der Waals surface area contributed by atoms with Crippen LogP contribution >= 0.6 is 11.8 Å². The number of thioether (sulfide) groups is 1. The Morgan fingerprint density at radius 1 is 1.50 bits per heavy atom. The summed E-state index contributed by atoms with van der Waals surface area (Å²) in [7, 11) is 1.29. The molecule has 2 unspecified atom stereocenters. The summed E-state index contributed by atoms with van der Waals surface area (Å²) in [5.41, 5.74) is 0.997. The van der Waals surface area contributed by atoms with Gasteiger partial charge in [0.2, 0.25) is 5.91 Å². The van der Waals surface area contributed by atoms with E-state index < -0.39 is 18.0 Å². The van der Waals surface area contributed by atoms with Crippen LogP contribution in [0.2, 0.25) is 0 Å². The summed E-state index contributed by atoms with van der Waals surface area (Å²) in [4.78, 5) is 25.2. The molecule has 1 N–H and O–H groups in total. The fourth-order valence-electron chi connectivity index (χ4n) is 2.06. The molecule has 0 aliphatic carbocycles. The van der Waals surface area contributed by atoms with Crippen LogP contribution < -0.4 is 0 Å². The molecule has 5 nitrogen and oxygen atoms in total. The van der Waals surface area contributed by atoms with E-state index in [-0.39, 0.29) is 17.0 Å². The van der Waals surface area contributed by atoms with Crippen LogP contribution in [0, 0.1) is 5.92 Å². The zero-order chi connectivity index (χ0) is 14.0. The van der Waals surface area contributed by atoms with Crippen molar-refractivity contribution in [3.05, 3.63) is 11.3 Å². The van der Waals surface area contributed by atoms with E-state index in [1.165, 1.54) is 23.8 Å². The molecule has 3 atom stereocenters. The molecule has 0 aromatic rings. The SMILES string of the molecule is COC(=O)C(=C(C)C)N1C(=O)C([C@H](C)O)C1SC. The van der Waals surface area contributed by atoms with E-state index in [0.717, 1.165) is 5.57 Å². The highest BCUT2D eigenvalue weighted by atomic mass is 32.2. The normalized spacial score (nSPS) is 24.3. The van der Waals surface area contributed by atoms with Gasteiger partial charge in [-0.15, -0.1) is 11.8 Å². The number of hydrogen-bond acceptors (Lipinski definition) is 5. The smallest absolute Gasteiger partial charge is 0.354 e. The van der Waals surface area contributed by atoms with Crippen molar-refractivity contribution in [3.63, 3.8) is 0 Å². The van der Waals surface area contributed by atoms with Gasteiger partial charge in [0, 0.05) is 0 Å². The van der Waals surface area contributed by atoms with Crippen molar-refractivity contribution >= 4 is 23.6 Å². The maximum Gasteiger partial charge on any atom is 0.354 e.